The van der Waals surface area contributed by atoms with E-state index in [9.17, 15) is 9.59 Å². The van der Waals surface area contributed by atoms with Crippen molar-refractivity contribution in [3.05, 3.63) is 28.8 Å². The Morgan fingerprint density at radius 2 is 2.22 bits per heavy atom. The van der Waals surface area contributed by atoms with Crippen molar-refractivity contribution in [1.82, 2.24) is 9.80 Å². The molecule has 1 aliphatic rings. The molecule has 6 nitrogen and oxygen atoms in total. The average Bonchev–Trinajstić information content (AvgIpc) is 2.82. The summed E-state index contributed by atoms with van der Waals surface area (Å²) in [5, 5.41) is 9.61. The zero-order valence-corrected chi connectivity index (χ0v) is 14.0. The molecule has 1 fully saturated rings. The van der Waals surface area contributed by atoms with Gasteiger partial charge in [0.05, 0.1) is 5.92 Å². The van der Waals surface area contributed by atoms with Crippen LogP contribution in [0.2, 0.25) is 5.02 Å². The van der Waals surface area contributed by atoms with Gasteiger partial charge in [-0.1, -0.05) is 11.6 Å². The number of rotatable bonds is 7. The van der Waals surface area contributed by atoms with Crippen LogP contribution in [0, 0.1) is 5.92 Å². The predicted octanol–water partition coefficient (Wildman–Crippen LogP) is 1.71. The maximum atomic E-state index is 12.0. The number of benzene rings is 1. The topological polar surface area (TPSA) is 70.1 Å². The number of nitrogens with zero attached hydrogens (tertiary/aromatic N) is 2. The summed E-state index contributed by atoms with van der Waals surface area (Å²) >= 11 is 6.04. The average molecular weight is 341 g/mol. The summed E-state index contributed by atoms with van der Waals surface area (Å²) in [6, 6.07) is 5.28. The van der Waals surface area contributed by atoms with Crippen LogP contribution < -0.4 is 4.74 Å². The molecule has 0 saturated carbocycles. The molecule has 1 aromatic carbocycles. The Bertz CT molecular complexity index is 591. The van der Waals surface area contributed by atoms with Crippen molar-refractivity contribution in [3.63, 3.8) is 0 Å². The minimum atomic E-state index is -0.936. The van der Waals surface area contributed by atoms with E-state index in [4.69, 9.17) is 21.4 Å². The summed E-state index contributed by atoms with van der Waals surface area (Å²) in [4.78, 5) is 26.6. The van der Waals surface area contributed by atoms with Gasteiger partial charge in [-0.05, 0) is 32.3 Å². The third kappa shape index (κ3) is 4.84. The van der Waals surface area contributed by atoms with E-state index in [1.54, 1.807) is 23.1 Å². The van der Waals surface area contributed by atoms with Crippen LogP contribution >= 0.6 is 11.6 Å². The van der Waals surface area contributed by atoms with Crippen molar-refractivity contribution in [3.8, 4) is 5.75 Å². The lowest BCUT2D eigenvalue weighted by Crippen LogP contribution is -2.26. The van der Waals surface area contributed by atoms with Gasteiger partial charge in [0.1, 0.15) is 12.4 Å². The molecule has 23 heavy (non-hydrogen) atoms. The van der Waals surface area contributed by atoms with E-state index in [2.05, 4.69) is 0 Å². The maximum absolute atomic E-state index is 12.0. The SMILES string of the molecule is CN(C)CCOc1ccc(Cl)cc1CN1CC(C(=O)O)CC1=O. The Kier molecular flexibility index (Phi) is 5.85. The van der Waals surface area contributed by atoms with E-state index in [1.165, 1.54) is 0 Å². The van der Waals surface area contributed by atoms with Crippen LogP contribution in [0.3, 0.4) is 0 Å². The maximum Gasteiger partial charge on any atom is 0.308 e. The van der Waals surface area contributed by atoms with E-state index in [1.807, 2.05) is 19.0 Å². The lowest BCUT2D eigenvalue weighted by atomic mass is 10.1. The number of ether oxygens (including phenoxy) is 1. The summed E-state index contributed by atoms with van der Waals surface area (Å²) in [5.74, 6) is -1.06. The Balaban J connectivity index is 2.07. The fourth-order valence-corrected chi connectivity index (χ4v) is 2.64. The molecule has 0 bridgehead atoms. The molecule has 1 heterocycles. The molecule has 126 valence electrons. The highest BCUT2D eigenvalue weighted by Crippen LogP contribution is 2.27. The number of carbonyl (C=O) groups is 2. The monoisotopic (exact) mass is 340 g/mol. The number of carboxylic acid groups (broad SMARTS) is 1. The van der Waals surface area contributed by atoms with Gasteiger partial charge in [0.2, 0.25) is 5.91 Å². The Morgan fingerprint density at radius 1 is 1.48 bits per heavy atom. The first-order valence-corrected chi connectivity index (χ1v) is 7.81. The number of carboxylic acids is 1. The zero-order chi connectivity index (χ0) is 17.0. The molecule has 1 unspecified atom stereocenters. The van der Waals surface area contributed by atoms with E-state index < -0.39 is 11.9 Å². The van der Waals surface area contributed by atoms with E-state index >= 15 is 0 Å². The number of likely N-dealkylation sites (N-methyl/N-ethyl adjacent to an activating group) is 1. The number of amides is 1. The van der Waals surface area contributed by atoms with E-state index in [0.29, 0.717) is 23.9 Å². The van der Waals surface area contributed by atoms with Gasteiger partial charge in [-0.3, -0.25) is 9.59 Å². The molecule has 0 spiro atoms. The van der Waals surface area contributed by atoms with Crippen LogP contribution in [-0.4, -0.2) is 60.6 Å². The Hall–Kier alpha value is -1.79. The molecular formula is C16H21ClN2O4. The first-order valence-electron chi connectivity index (χ1n) is 7.43. The molecule has 1 amide bonds. The number of aliphatic carboxylic acids is 1. The van der Waals surface area contributed by atoms with Gasteiger partial charge < -0.3 is 19.6 Å². The molecule has 7 heteroatoms. The van der Waals surface area contributed by atoms with Crippen LogP contribution in [0.4, 0.5) is 0 Å². The minimum absolute atomic E-state index is 0.0483. The Morgan fingerprint density at radius 3 is 2.83 bits per heavy atom. The number of hydrogen-bond donors (Lipinski definition) is 1. The second kappa shape index (κ2) is 7.66. The van der Waals surface area contributed by atoms with Gasteiger partial charge in [0.15, 0.2) is 0 Å². The summed E-state index contributed by atoms with van der Waals surface area (Å²) in [6.45, 7) is 1.82. The van der Waals surface area contributed by atoms with Crippen molar-refractivity contribution in [2.45, 2.75) is 13.0 Å². The lowest BCUT2D eigenvalue weighted by Gasteiger charge is -2.19. The summed E-state index contributed by atoms with van der Waals surface area (Å²) in [6.07, 6.45) is 0.0483. The number of halogens is 1. The fraction of sp³-hybridized carbons (Fsp3) is 0.500. The standard InChI is InChI=1S/C16H21ClN2O4/c1-18(2)5-6-23-14-4-3-13(17)7-11(14)9-19-10-12(16(21)22)8-15(19)20/h3-4,7,12H,5-6,8-10H2,1-2H3,(H,21,22). The largest absolute Gasteiger partial charge is 0.492 e. The zero-order valence-electron chi connectivity index (χ0n) is 13.3. The lowest BCUT2D eigenvalue weighted by molar-refractivity contribution is -0.141. The third-order valence-electron chi connectivity index (χ3n) is 3.74. The van der Waals surface area contributed by atoms with Crippen molar-refractivity contribution in [2.75, 3.05) is 33.8 Å². The minimum Gasteiger partial charge on any atom is -0.492 e. The van der Waals surface area contributed by atoms with Crippen molar-refractivity contribution >= 4 is 23.5 Å². The second-order valence-electron chi connectivity index (χ2n) is 5.92. The summed E-state index contributed by atoms with van der Waals surface area (Å²) in [7, 11) is 3.92. The van der Waals surface area contributed by atoms with Gasteiger partial charge in [-0.2, -0.15) is 0 Å². The molecule has 1 N–H and O–H groups in total. The normalized spacial score (nSPS) is 17.8. The molecule has 1 saturated heterocycles. The predicted molar refractivity (Wildman–Crippen MR) is 86.7 cm³/mol. The van der Waals surface area contributed by atoms with Gasteiger partial charge >= 0.3 is 5.97 Å². The van der Waals surface area contributed by atoms with Crippen LogP contribution in [-0.2, 0) is 16.1 Å². The molecule has 2 rings (SSSR count). The molecule has 1 atom stereocenters. The van der Waals surface area contributed by atoms with Gasteiger partial charge in [0, 0.05) is 36.6 Å². The summed E-state index contributed by atoms with van der Waals surface area (Å²) in [5.41, 5.74) is 0.788. The van der Waals surface area contributed by atoms with Gasteiger partial charge in [-0.25, -0.2) is 0 Å². The van der Waals surface area contributed by atoms with Crippen molar-refractivity contribution in [1.29, 1.82) is 0 Å². The van der Waals surface area contributed by atoms with E-state index in [-0.39, 0.29) is 18.9 Å². The molecule has 1 aromatic rings. The molecule has 0 radical (unpaired) electrons. The van der Waals surface area contributed by atoms with Gasteiger partial charge in [0.25, 0.3) is 0 Å². The first-order chi connectivity index (χ1) is 10.9. The number of likely N-dealkylation sites (tertiary alicyclic amines) is 1. The highest BCUT2D eigenvalue weighted by molar-refractivity contribution is 6.30. The van der Waals surface area contributed by atoms with Gasteiger partial charge in [-0.15, -0.1) is 0 Å². The van der Waals surface area contributed by atoms with Crippen LogP contribution in [0.5, 0.6) is 5.75 Å². The number of carbonyl (C=O) groups excluding carboxylic acids is 1. The van der Waals surface area contributed by atoms with Crippen molar-refractivity contribution < 1.29 is 19.4 Å². The van der Waals surface area contributed by atoms with E-state index in [0.717, 1.165) is 12.1 Å². The van der Waals surface area contributed by atoms with Crippen LogP contribution in [0.25, 0.3) is 0 Å². The second-order valence-corrected chi connectivity index (χ2v) is 6.35. The quantitative estimate of drug-likeness (QED) is 0.818. The highest BCUT2D eigenvalue weighted by Gasteiger charge is 2.34. The fourth-order valence-electron chi connectivity index (χ4n) is 2.45. The number of hydrogen-bond acceptors (Lipinski definition) is 4. The summed E-state index contributed by atoms with van der Waals surface area (Å²) < 4.78 is 5.77. The molecule has 0 aliphatic carbocycles. The van der Waals surface area contributed by atoms with Crippen molar-refractivity contribution in [2.24, 2.45) is 5.92 Å². The van der Waals surface area contributed by atoms with Crippen LogP contribution in [0.15, 0.2) is 18.2 Å². The smallest absolute Gasteiger partial charge is 0.308 e. The molecule has 1 aliphatic heterocycles. The third-order valence-corrected chi connectivity index (χ3v) is 3.98. The molecule has 0 aromatic heterocycles. The van der Waals surface area contributed by atoms with Crippen LogP contribution in [0.1, 0.15) is 12.0 Å². The first kappa shape index (κ1) is 17.6. The Labute approximate surface area is 140 Å². The highest BCUT2D eigenvalue weighted by atomic mass is 35.5. The molecular weight excluding hydrogens is 320 g/mol.